The molecule has 2 aromatic rings. The number of carbonyl (C=O) groups excluding carboxylic acids is 1. The summed E-state index contributed by atoms with van der Waals surface area (Å²) in [5.41, 5.74) is 0.670. The van der Waals surface area contributed by atoms with Gasteiger partial charge in [0.2, 0.25) is 0 Å². The number of aryl methyl sites for hydroxylation is 1. The molecular formula is C18H19N3O3S2. The van der Waals surface area contributed by atoms with Crippen molar-refractivity contribution in [2.24, 2.45) is 4.40 Å². The zero-order valence-corrected chi connectivity index (χ0v) is 15.9. The van der Waals surface area contributed by atoms with Crippen molar-refractivity contribution in [1.29, 1.82) is 0 Å². The zero-order valence-electron chi connectivity index (χ0n) is 14.3. The molecule has 1 amide bonds. The van der Waals surface area contributed by atoms with E-state index in [0.717, 1.165) is 22.6 Å². The number of rotatable bonds is 2. The number of nitrogens with one attached hydrogen (secondary N) is 1. The van der Waals surface area contributed by atoms with Gasteiger partial charge in [-0.05, 0) is 44.0 Å². The number of thiophene rings is 1. The van der Waals surface area contributed by atoms with Gasteiger partial charge in [0.25, 0.3) is 15.9 Å². The number of fused-ring (bicyclic) bond motifs is 1. The molecule has 0 bridgehead atoms. The Hall–Kier alpha value is -2.19. The molecule has 1 fully saturated rings. The van der Waals surface area contributed by atoms with E-state index in [2.05, 4.69) is 9.71 Å². The normalized spacial score (nSPS) is 19.1. The monoisotopic (exact) mass is 389 g/mol. The lowest BCUT2D eigenvalue weighted by molar-refractivity contribution is 0.0926. The second kappa shape index (κ2) is 6.51. The number of amides is 1. The standard InChI is InChI=1S/C18H19N3O3S2/c1-12-6-7-15(25-12)18(22)19-13-8-10-21(11-9-13)17-14-4-2-3-5-16(14)26(23,24)20-17/h2-7,13H,8-11H2,1H3,(H,19,22). The summed E-state index contributed by atoms with van der Waals surface area (Å²) in [6.07, 6.45) is 1.52. The van der Waals surface area contributed by atoms with Gasteiger partial charge in [-0.2, -0.15) is 8.42 Å². The Kier molecular flexibility index (Phi) is 4.32. The van der Waals surface area contributed by atoms with Gasteiger partial charge in [0.15, 0.2) is 5.84 Å². The maximum Gasteiger partial charge on any atom is 0.285 e. The number of hydrogen-bond donors (Lipinski definition) is 1. The second-order valence-electron chi connectivity index (χ2n) is 6.53. The number of amidine groups is 1. The van der Waals surface area contributed by atoms with Crippen LogP contribution < -0.4 is 5.32 Å². The Bertz CT molecular complexity index is 987. The molecule has 1 aromatic carbocycles. The average Bonchev–Trinajstić information content (AvgIpc) is 3.18. The van der Waals surface area contributed by atoms with Gasteiger partial charge >= 0.3 is 0 Å². The second-order valence-corrected chi connectivity index (χ2v) is 9.39. The summed E-state index contributed by atoms with van der Waals surface area (Å²) in [6, 6.07) is 10.8. The first kappa shape index (κ1) is 17.2. The van der Waals surface area contributed by atoms with Gasteiger partial charge in [0.05, 0.1) is 4.88 Å². The smallest absolute Gasteiger partial charge is 0.285 e. The fraction of sp³-hybridized carbons (Fsp3) is 0.333. The van der Waals surface area contributed by atoms with Gasteiger partial charge in [-0.25, -0.2) is 0 Å². The minimum Gasteiger partial charge on any atom is -0.355 e. The quantitative estimate of drug-likeness (QED) is 0.855. The molecule has 3 heterocycles. The Morgan fingerprint density at radius 1 is 1.19 bits per heavy atom. The number of nitrogens with zero attached hydrogens (tertiary/aromatic N) is 2. The molecule has 6 nitrogen and oxygen atoms in total. The van der Waals surface area contributed by atoms with Crippen LogP contribution in [0.1, 0.15) is 33.0 Å². The predicted octanol–water partition coefficient (Wildman–Crippen LogP) is 2.40. The fourth-order valence-electron chi connectivity index (χ4n) is 3.37. The van der Waals surface area contributed by atoms with Crippen LogP contribution in [0.25, 0.3) is 0 Å². The van der Waals surface area contributed by atoms with Crippen LogP contribution in [0.2, 0.25) is 0 Å². The minimum absolute atomic E-state index is 0.0346. The summed E-state index contributed by atoms with van der Waals surface area (Å²) in [5, 5.41) is 3.08. The van der Waals surface area contributed by atoms with Crippen molar-refractivity contribution in [2.75, 3.05) is 13.1 Å². The molecule has 0 aliphatic carbocycles. The van der Waals surface area contributed by atoms with Crippen molar-refractivity contribution < 1.29 is 13.2 Å². The van der Waals surface area contributed by atoms with Crippen molar-refractivity contribution in [2.45, 2.75) is 30.7 Å². The van der Waals surface area contributed by atoms with Gasteiger partial charge in [0, 0.05) is 29.6 Å². The van der Waals surface area contributed by atoms with E-state index in [0.29, 0.717) is 24.5 Å². The third-order valence-electron chi connectivity index (χ3n) is 4.71. The lowest BCUT2D eigenvalue weighted by atomic mass is 10.0. The molecule has 2 aliphatic rings. The summed E-state index contributed by atoms with van der Waals surface area (Å²) < 4.78 is 28.4. The average molecular weight is 390 g/mol. The molecular weight excluding hydrogens is 370 g/mol. The van der Waals surface area contributed by atoms with E-state index in [9.17, 15) is 13.2 Å². The largest absolute Gasteiger partial charge is 0.355 e. The number of carbonyl (C=O) groups is 1. The maximum atomic E-state index is 12.3. The van der Waals surface area contributed by atoms with Gasteiger partial charge in [-0.3, -0.25) is 4.79 Å². The van der Waals surface area contributed by atoms with Crippen molar-refractivity contribution >= 4 is 33.1 Å². The van der Waals surface area contributed by atoms with E-state index in [-0.39, 0.29) is 16.8 Å². The van der Waals surface area contributed by atoms with E-state index >= 15 is 0 Å². The van der Waals surface area contributed by atoms with Crippen LogP contribution in [-0.2, 0) is 10.0 Å². The summed E-state index contributed by atoms with van der Waals surface area (Å²) in [6.45, 7) is 3.31. The molecule has 0 spiro atoms. The van der Waals surface area contributed by atoms with Crippen molar-refractivity contribution in [3.8, 4) is 0 Å². The van der Waals surface area contributed by atoms with E-state index in [1.165, 1.54) is 11.3 Å². The van der Waals surface area contributed by atoms with Gasteiger partial charge < -0.3 is 10.2 Å². The van der Waals surface area contributed by atoms with Crippen LogP contribution in [-0.4, -0.2) is 44.2 Å². The van der Waals surface area contributed by atoms with Crippen LogP contribution >= 0.6 is 11.3 Å². The number of hydrogen-bond acceptors (Lipinski definition) is 5. The molecule has 0 unspecified atom stereocenters. The molecule has 136 valence electrons. The fourth-order valence-corrected chi connectivity index (χ4v) is 5.36. The van der Waals surface area contributed by atoms with Crippen molar-refractivity contribution in [1.82, 2.24) is 10.2 Å². The molecule has 1 aromatic heterocycles. The first-order valence-corrected chi connectivity index (χ1v) is 10.8. The Labute approximate surface area is 156 Å². The molecule has 2 aliphatic heterocycles. The first-order chi connectivity index (χ1) is 12.4. The van der Waals surface area contributed by atoms with Crippen LogP contribution in [0.3, 0.4) is 0 Å². The molecule has 0 saturated carbocycles. The van der Waals surface area contributed by atoms with Crippen LogP contribution in [0.15, 0.2) is 45.7 Å². The summed E-state index contributed by atoms with van der Waals surface area (Å²) in [4.78, 5) is 16.4. The number of benzene rings is 1. The van der Waals surface area contributed by atoms with E-state index in [4.69, 9.17) is 0 Å². The number of piperidine rings is 1. The zero-order chi connectivity index (χ0) is 18.3. The molecule has 0 radical (unpaired) electrons. The molecule has 4 rings (SSSR count). The van der Waals surface area contributed by atoms with Crippen LogP contribution in [0.5, 0.6) is 0 Å². The maximum absolute atomic E-state index is 12.3. The highest BCUT2D eigenvalue weighted by Gasteiger charge is 2.33. The summed E-state index contributed by atoms with van der Waals surface area (Å²) in [5.74, 6) is 0.493. The molecule has 1 saturated heterocycles. The highest BCUT2D eigenvalue weighted by Crippen LogP contribution is 2.28. The highest BCUT2D eigenvalue weighted by molar-refractivity contribution is 7.90. The lowest BCUT2D eigenvalue weighted by Gasteiger charge is -2.33. The first-order valence-electron chi connectivity index (χ1n) is 8.51. The molecule has 0 atom stereocenters. The number of sulfonamides is 1. The minimum atomic E-state index is -3.59. The van der Waals surface area contributed by atoms with Crippen molar-refractivity contribution in [3.63, 3.8) is 0 Å². The van der Waals surface area contributed by atoms with Crippen LogP contribution in [0, 0.1) is 6.92 Å². The SMILES string of the molecule is Cc1ccc(C(=O)NC2CCN(C3=NS(=O)(=O)c4ccccc43)CC2)s1. The predicted molar refractivity (Wildman–Crippen MR) is 101 cm³/mol. The van der Waals surface area contributed by atoms with Gasteiger partial charge in [0.1, 0.15) is 4.90 Å². The lowest BCUT2D eigenvalue weighted by Crippen LogP contribution is -2.46. The third kappa shape index (κ3) is 3.14. The van der Waals surface area contributed by atoms with Crippen molar-refractivity contribution in [3.05, 3.63) is 51.7 Å². The molecule has 8 heteroatoms. The summed E-state index contributed by atoms with van der Waals surface area (Å²) in [7, 11) is -3.59. The van der Waals surface area contributed by atoms with E-state index in [1.807, 2.05) is 30.0 Å². The highest BCUT2D eigenvalue weighted by atomic mass is 32.2. The Morgan fingerprint density at radius 3 is 2.62 bits per heavy atom. The Morgan fingerprint density at radius 2 is 1.92 bits per heavy atom. The molecule has 26 heavy (non-hydrogen) atoms. The number of likely N-dealkylation sites (tertiary alicyclic amines) is 1. The van der Waals surface area contributed by atoms with E-state index < -0.39 is 10.0 Å². The van der Waals surface area contributed by atoms with Gasteiger partial charge in [-0.15, -0.1) is 15.7 Å². The van der Waals surface area contributed by atoms with Crippen LogP contribution in [0.4, 0.5) is 0 Å². The van der Waals surface area contributed by atoms with E-state index in [1.54, 1.807) is 18.2 Å². The third-order valence-corrected chi connectivity index (χ3v) is 7.03. The summed E-state index contributed by atoms with van der Waals surface area (Å²) >= 11 is 1.49. The molecule has 1 N–H and O–H groups in total. The van der Waals surface area contributed by atoms with Gasteiger partial charge in [-0.1, -0.05) is 12.1 Å². The topological polar surface area (TPSA) is 78.8 Å². The Balaban J connectivity index is 1.42.